The predicted molar refractivity (Wildman–Crippen MR) is 154 cm³/mol. The lowest BCUT2D eigenvalue weighted by molar-refractivity contribution is -0.231. The van der Waals surface area contributed by atoms with Crippen molar-refractivity contribution in [3.63, 3.8) is 0 Å². The first kappa shape index (κ1) is 26.5. The van der Waals surface area contributed by atoms with E-state index in [-0.39, 0.29) is 22.6 Å². The molecule has 38 heavy (non-hydrogen) atoms. The molecule has 0 amide bonds. The molecule has 3 atom stereocenters. The van der Waals surface area contributed by atoms with Crippen LogP contribution in [0.5, 0.6) is 0 Å². The Morgan fingerprint density at radius 3 is 1.95 bits per heavy atom. The third-order valence-corrected chi connectivity index (χ3v) is 13.3. The summed E-state index contributed by atoms with van der Waals surface area (Å²) in [5, 5.41) is 2.18. The van der Waals surface area contributed by atoms with E-state index in [0.29, 0.717) is 0 Å². The van der Waals surface area contributed by atoms with E-state index >= 15 is 0 Å². The topological polar surface area (TPSA) is 44.8 Å². The van der Waals surface area contributed by atoms with E-state index in [0.717, 1.165) is 25.7 Å². The highest BCUT2D eigenvalue weighted by Crippen LogP contribution is 2.53. The minimum absolute atomic E-state index is 0.0161. The molecule has 0 N–H and O–H groups in total. The Kier molecular flexibility index (Phi) is 7.34. The first-order valence-corrected chi connectivity index (χ1v) is 15.6. The maximum atomic E-state index is 13.0. The van der Waals surface area contributed by atoms with E-state index in [4.69, 9.17) is 13.9 Å². The van der Waals surface area contributed by atoms with E-state index in [9.17, 15) is 4.79 Å². The zero-order valence-corrected chi connectivity index (χ0v) is 23.9. The number of carbonyl (C=O) groups excluding carboxylic acids is 1. The van der Waals surface area contributed by atoms with Crippen LogP contribution in [0.1, 0.15) is 57.9 Å². The number of ether oxygens (including phenoxy) is 2. The monoisotopic (exact) mass is 526 g/mol. The number of rotatable bonds is 6. The van der Waals surface area contributed by atoms with Gasteiger partial charge in [-0.2, -0.15) is 0 Å². The van der Waals surface area contributed by atoms with Gasteiger partial charge in [0.05, 0.1) is 7.11 Å². The molecule has 3 aromatic carbocycles. The van der Waals surface area contributed by atoms with Crippen LogP contribution >= 0.6 is 0 Å². The average Bonchev–Trinajstić information content (AvgIpc) is 2.95. The molecule has 1 saturated carbocycles. The molecule has 0 radical (unpaired) electrons. The number of benzene rings is 3. The molecule has 0 spiro atoms. The zero-order valence-electron chi connectivity index (χ0n) is 22.9. The van der Waals surface area contributed by atoms with Crippen molar-refractivity contribution in [2.45, 2.75) is 63.2 Å². The Labute approximate surface area is 227 Å². The molecule has 1 fully saturated rings. The number of hydrogen-bond acceptors (Lipinski definition) is 4. The van der Waals surface area contributed by atoms with Gasteiger partial charge in [-0.15, -0.1) is 0 Å². The van der Waals surface area contributed by atoms with Gasteiger partial charge < -0.3 is 13.9 Å². The summed E-state index contributed by atoms with van der Waals surface area (Å²) in [6.45, 7) is 6.84. The van der Waals surface area contributed by atoms with Crippen LogP contribution in [0.3, 0.4) is 0 Å². The standard InChI is InChI=1S/C33H38O4Si/c1-32(2,3)38(26-18-10-6-11-19-26,27-20-12-7-13-21-27)37-33-23-15-14-22-29(33)28(25-16-8-5-9-17-25)24-30(36-33)31(34)35-4/h5-13,16-21,24,28-29H,14-15,22-23H2,1-4H3/t28-,29-,33+/m1/s1. The summed E-state index contributed by atoms with van der Waals surface area (Å²) < 4.78 is 19.7. The third kappa shape index (κ3) is 4.63. The van der Waals surface area contributed by atoms with E-state index in [1.807, 2.05) is 12.1 Å². The molecular weight excluding hydrogens is 488 g/mol. The molecule has 0 aromatic heterocycles. The van der Waals surface area contributed by atoms with Crippen molar-refractivity contribution in [3.8, 4) is 0 Å². The smallest absolute Gasteiger partial charge is 0.373 e. The number of esters is 1. The fourth-order valence-electron chi connectivity index (χ4n) is 6.49. The molecular formula is C33H38O4Si. The highest BCUT2D eigenvalue weighted by Gasteiger charge is 2.60. The predicted octanol–water partition coefficient (Wildman–Crippen LogP) is 6.32. The third-order valence-electron chi connectivity index (χ3n) is 8.22. The molecule has 1 aliphatic heterocycles. The number of carbonyl (C=O) groups is 1. The Morgan fingerprint density at radius 1 is 0.868 bits per heavy atom. The number of allylic oxidation sites excluding steroid dienone is 1. The van der Waals surface area contributed by atoms with Crippen molar-refractivity contribution < 1.29 is 18.7 Å². The molecule has 0 bridgehead atoms. The number of fused-ring (bicyclic) bond motifs is 1. The molecule has 198 valence electrons. The van der Waals surface area contributed by atoms with Gasteiger partial charge >= 0.3 is 5.97 Å². The van der Waals surface area contributed by atoms with Gasteiger partial charge in [0.25, 0.3) is 8.32 Å². The van der Waals surface area contributed by atoms with Gasteiger partial charge in [-0.1, -0.05) is 118 Å². The minimum Gasteiger partial charge on any atom is -0.463 e. The molecule has 0 unspecified atom stereocenters. The van der Waals surface area contributed by atoms with Crippen molar-refractivity contribution in [1.29, 1.82) is 0 Å². The van der Waals surface area contributed by atoms with E-state index in [2.05, 4.69) is 106 Å². The van der Waals surface area contributed by atoms with Gasteiger partial charge in [-0.25, -0.2) is 4.79 Å². The summed E-state index contributed by atoms with van der Waals surface area (Å²) >= 11 is 0. The molecule has 0 saturated heterocycles. The van der Waals surface area contributed by atoms with Gasteiger partial charge in [-0.3, -0.25) is 0 Å². The summed E-state index contributed by atoms with van der Waals surface area (Å²) in [5.74, 6) is -1.12. The van der Waals surface area contributed by atoms with E-state index in [1.165, 1.54) is 23.0 Å². The Hall–Kier alpha value is -3.15. The molecule has 1 heterocycles. The fourth-order valence-corrected chi connectivity index (χ4v) is 11.2. The van der Waals surface area contributed by atoms with Crippen LogP contribution in [0.2, 0.25) is 5.04 Å². The fraction of sp³-hybridized carbons (Fsp3) is 0.364. The lowest BCUT2D eigenvalue weighted by Gasteiger charge is -2.55. The van der Waals surface area contributed by atoms with Gasteiger partial charge in [0, 0.05) is 18.3 Å². The average molecular weight is 527 g/mol. The summed E-state index contributed by atoms with van der Waals surface area (Å²) in [6, 6.07) is 31.7. The van der Waals surface area contributed by atoms with Gasteiger partial charge in [-0.05, 0) is 39.9 Å². The van der Waals surface area contributed by atoms with Crippen LogP contribution in [0.4, 0.5) is 0 Å². The van der Waals surface area contributed by atoms with Gasteiger partial charge in [0.1, 0.15) is 0 Å². The molecule has 1 aliphatic carbocycles. The minimum atomic E-state index is -2.96. The second-order valence-electron chi connectivity index (χ2n) is 11.5. The van der Waals surface area contributed by atoms with E-state index < -0.39 is 20.1 Å². The van der Waals surface area contributed by atoms with Crippen LogP contribution in [0.25, 0.3) is 0 Å². The molecule has 5 heteroatoms. The SMILES string of the molecule is COC(=O)C1=C[C@H](c2ccccc2)[C@H]2CCCC[C@@]2(O[Si](c2ccccc2)(c2ccccc2)C(C)(C)C)O1. The van der Waals surface area contributed by atoms with Crippen LogP contribution < -0.4 is 10.4 Å². The summed E-state index contributed by atoms with van der Waals surface area (Å²) in [7, 11) is -1.55. The summed E-state index contributed by atoms with van der Waals surface area (Å²) in [5.41, 5.74) is 1.17. The summed E-state index contributed by atoms with van der Waals surface area (Å²) in [6.07, 6.45) is 5.72. The highest BCUT2D eigenvalue weighted by atomic mass is 28.4. The van der Waals surface area contributed by atoms with Gasteiger partial charge in [0.15, 0.2) is 0 Å². The Morgan fingerprint density at radius 2 is 1.42 bits per heavy atom. The number of methoxy groups -OCH3 is 1. The maximum absolute atomic E-state index is 13.0. The highest BCUT2D eigenvalue weighted by molar-refractivity contribution is 6.99. The summed E-state index contributed by atoms with van der Waals surface area (Å²) in [4.78, 5) is 13.0. The lowest BCUT2D eigenvalue weighted by Crippen LogP contribution is -2.71. The van der Waals surface area contributed by atoms with E-state index in [1.54, 1.807) is 0 Å². The van der Waals surface area contributed by atoms with Crippen LogP contribution in [-0.2, 0) is 18.7 Å². The number of hydrogen-bond donors (Lipinski definition) is 0. The zero-order chi connectivity index (χ0) is 26.8. The first-order chi connectivity index (χ1) is 18.3. The molecule has 2 aliphatic rings. The second-order valence-corrected chi connectivity index (χ2v) is 15.7. The van der Waals surface area contributed by atoms with Crippen LogP contribution in [-0.4, -0.2) is 27.2 Å². The normalized spacial score (nSPS) is 23.5. The van der Waals surface area contributed by atoms with Crippen molar-refractivity contribution in [2.75, 3.05) is 7.11 Å². The first-order valence-electron chi connectivity index (χ1n) is 13.7. The maximum Gasteiger partial charge on any atom is 0.373 e. The van der Waals surface area contributed by atoms with Crippen molar-refractivity contribution in [3.05, 3.63) is 108 Å². The lowest BCUT2D eigenvalue weighted by atomic mass is 9.71. The molecule has 3 aromatic rings. The quantitative estimate of drug-likeness (QED) is 0.279. The van der Waals surface area contributed by atoms with Crippen LogP contribution in [0, 0.1) is 5.92 Å². The molecule has 4 nitrogen and oxygen atoms in total. The largest absolute Gasteiger partial charge is 0.463 e. The van der Waals surface area contributed by atoms with Gasteiger partial charge in [0.2, 0.25) is 11.5 Å². The van der Waals surface area contributed by atoms with Crippen LogP contribution in [0.15, 0.2) is 103 Å². The second kappa shape index (κ2) is 10.5. The van der Waals surface area contributed by atoms with Crippen molar-refractivity contribution >= 4 is 24.7 Å². The van der Waals surface area contributed by atoms with Crippen molar-refractivity contribution in [2.24, 2.45) is 5.92 Å². The molecule has 5 rings (SSSR count). The Balaban J connectivity index is 1.74. The Bertz CT molecular complexity index is 1230. The van der Waals surface area contributed by atoms with Crippen molar-refractivity contribution in [1.82, 2.24) is 0 Å².